The van der Waals surface area contributed by atoms with Gasteiger partial charge in [0.25, 0.3) is 0 Å². The van der Waals surface area contributed by atoms with Crippen molar-refractivity contribution in [2.45, 2.75) is 39.2 Å². The van der Waals surface area contributed by atoms with Crippen LogP contribution in [0.15, 0.2) is 4.99 Å². The van der Waals surface area contributed by atoms with Crippen LogP contribution in [0.1, 0.15) is 33.1 Å². The van der Waals surface area contributed by atoms with Crippen molar-refractivity contribution in [2.75, 3.05) is 46.8 Å². The molecule has 0 radical (unpaired) electrons. The summed E-state index contributed by atoms with van der Waals surface area (Å²) >= 11 is 0. The first-order chi connectivity index (χ1) is 10.1. The van der Waals surface area contributed by atoms with Gasteiger partial charge in [-0.1, -0.05) is 6.92 Å². The molecule has 1 aliphatic heterocycles. The Morgan fingerprint density at radius 1 is 1.33 bits per heavy atom. The second-order valence-electron chi connectivity index (χ2n) is 5.61. The van der Waals surface area contributed by atoms with Gasteiger partial charge in [-0.2, -0.15) is 0 Å². The number of nitrogens with zero attached hydrogens (tertiary/aromatic N) is 3. The summed E-state index contributed by atoms with van der Waals surface area (Å²) in [4.78, 5) is 20.3. The van der Waals surface area contributed by atoms with Gasteiger partial charge in [0.05, 0.1) is 6.54 Å². The Kier molecular flexibility index (Phi) is 8.12. The monoisotopic (exact) mass is 297 g/mol. The standard InChI is InChI=1S/C15H31N5O/c1-5-16-15(17-10-9-14(21)19(3)4)18-12-13-8-7-11-20(13)6-2/h13H,5-12H2,1-4H3,(H2,16,17,18). The molecule has 6 nitrogen and oxygen atoms in total. The lowest BCUT2D eigenvalue weighted by Crippen LogP contribution is -2.40. The number of hydrogen-bond donors (Lipinski definition) is 2. The molecule has 0 aliphatic carbocycles. The summed E-state index contributed by atoms with van der Waals surface area (Å²) in [5, 5.41) is 6.47. The predicted octanol–water partition coefficient (Wildman–Crippen LogP) is 0.504. The van der Waals surface area contributed by atoms with E-state index in [9.17, 15) is 4.79 Å². The molecule has 0 aromatic rings. The molecular formula is C15H31N5O. The van der Waals surface area contributed by atoms with Crippen molar-refractivity contribution in [3.05, 3.63) is 0 Å². The summed E-state index contributed by atoms with van der Waals surface area (Å²) in [7, 11) is 3.56. The number of aliphatic imine (C=N–C) groups is 1. The molecule has 0 spiro atoms. The van der Waals surface area contributed by atoms with Gasteiger partial charge >= 0.3 is 0 Å². The van der Waals surface area contributed by atoms with Gasteiger partial charge in [0, 0.05) is 39.6 Å². The van der Waals surface area contributed by atoms with Gasteiger partial charge in [0.15, 0.2) is 5.96 Å². The molecule has 1 aliphatic rings. The second-order valence-corrected chi connectivity index (χ2v) is 5.61. The number of hydrogen-bond acceptors (Lipinski definition) is 3. The van der Waals surface area contributed by atoms with E-state index in [-0.39, 0.29) is 5.91 Å². The van der Waals surface area contributed by atoms with Crippen molar-refractivity contribution < 1.29 is 4.79 Å². The molecule has 1 rings (SSSR count). The summed E-state index contributed by atoms with van der Waals surface area (Å²) in [6, 6.07) is 0.564. The van der Waals surface area contributed by atoms with Crippen molar-refractivity contribution in [1.29, 1.82) is 0 Å². The van der Waals surface area contributed by atoms with E-state index in [0.717, 1.165) is 25.6 Å². The third kappa shape index (κ3) is 6.33. The zero-order valence-electron chi connectivity index (χ0n) is 14.0. The smallest absolute Gasteiger partial charge is 0.223 e. The number of carbonyl (C=O) groups is 1. The van der Waals surface area contributed by atoms with E-state index < -0.39 is 0 Å². The van der Waals surface area contributed by atoms with Crippen LogP contribution in [0.4, 0.5) is 0 Å². The Balaban J connectivity index is 2.40. The summed E-state index contributed by atoms with van der Waals surface area (Å²) < 4.78 is 0. The van der Waals surface area contributed by atoms with Crippen molar-refractivity contribution in [3.8, 4) is 0 Å². The van der Waals surface area contributed by atoms with Gasteiger partial charge in [-0.05, 0) is 32.9 Å². The highest BCUT2D eigenvalue weighted by Gasteiger charge is 2.22. The number of likely N-dealkylation sites (tertiary alicyclic amines) is 1. The average molecular weight is 297 g/mol. The van der Waals surface area contributed by atoms with Crippen LogP contribution in [-0.4, -0.2) is 74.5 Å². The Morgan fingerprint density at radius 2 is 2.10 bits per heavy atom. The molecule has 1 heterocycles. The van der Waals surface area contributed by atoms with Crippen LogP contribution in [0.5, 0.6) is 0 Å². The summed E-state index contributed by atoms with van der Waals surface area (Å²) in [5.41, 5.74) is 0. The van der Waals surface area contributed by atoms with Gasteiger partial charge < -0.3 is 15.5 Å². The molecule has 1 amide bonds. The van der Waals surface area contributed by atoms with Crippen LogP contribution in [0.25, 0.3) is 0 Å². The first-order valence-corrected chi connectivity index (χ1v) is 8.04. The fraction of sp³-hybridized carbons (Fsp3) is 0.867. The molecule has 0 saturated carbocycles. The normalized spacial score (nSPS) is 19.6. The van der Waals surface area contributed by atoms with E-state index in [0.29, 0.717) is 19.0 Å². The summed E-state index contributed by atoms with van der Waals surface area (Å²) in [6.45, 7) is 8.82. The molecule has 1 saturated heterocycles. The van der Waals surface area contributed by atoms with Gasteiger partial charge in [-0.3, -0.25) is 14.7 Å². The Hall–Kier alpha value is -1.30. The van der Waals surface area contributed by atoms with E-state index in [2.05, 4.69) is 34.4 Å². The van der Waals surface area contributed by atoms with E-state index in [1.54, 1.807) is 19.0 Å². The van der Waals surface area contributed by atoms with Crippen molar-refractivity contribution in [3.63, 3.8) is 0 Å². The zero-order chi connectivity index (χ0) is 15.7. The van der Waals surface area contributed by atoms with E-state index >= 15 is 0 Å². The minimum absolute atomic E-state index is 0.131. The molecule has 6 heteroatoms. The third-order valence-electron chi connectivity index (χ3n) is 3.84. The molecule has 0 aromatic carbocycles. The number of amides is 1. The highest BCUT2D eigenvalue weighted by molar-refractivity contribution is 5.81. The molecule has 0 aromatic heterocycles. The highest BCUT2D eigenvalue weighted by atomic mass is 16.2. The molecule has 122 valence electrons. The van der Waals surface area contributed by atoms with Gasteiger partial charge in [0.2, 0.25) is 5.91 Å². The van der Waals surface area contributed by atoms with E-state index in [4.69, 9.17) is 0 Å². The number of rotatable bonds is 7. The maximum Gasteiger partial charge on any atom is 0.223 e. The van der Waals surface area contributed by atoms with E-state index in [1.807, 2.05) is 0 Å². The minimum Gasteiger partial charge on any atom is -0.357 e. The van der Waals surface area contributed by atoms with Crippen molar-refractivity contribution in [1.82, 2.24) is 20.4 Å². The zero-order valence-corrected chi connectivity index (χ0v) is 14.0. The van der Waals surface area contributed by atoms with Crippen molar-refractivity contribution in [2.24, 2.45) is 4.99 Å². The first kappa shape index (κ1) is 17.8. The van der Waals surface area contributed by atoms with Crippen LogP contribution in [0.3, 0.4) is 0 Å². The molecule has 1 unspecified atom stereocenters. The highest BCUT2D eigenvalue weighted by Crippen LogP contribution is 2.16. The van der Waals surface area contributed by atoms with Crippen LogP contribution in [0, 0.1) is 0 Å². The third-order valence-corrected chi connectivity index (χ3v) is 3.84. The predicted molar refractivity (Wildman–Crippen MR) is 87.6 cm³/mol. The minimum atomic E-state index is 0.131. The molecule has 1 atom stereocenters. The summed E-state index contributed by atoms with van der Waals surface area (Å²) in [5.74, 6) is 0.943. The molecule has 21 heavy (non-hydrogen) atoms. The number of nitrogens with one attached hydrogen (secondary N) is 2. The maximum absolute atomic E-state index is 11.6. The Bertz CT molecular complexity index is 343. The number of carbonyl (C=O) groups excluding carboxylic acids is 1. The molecule has 2 N–H and O–H groups in total. The molecule has 1 fully saturated rings. The quantitative estimate of drug-likeness (QED) is 0.531. The fourth-order valence-corrected chi connectivity index (χ4v) is 2.57. The Labute approximate surface area is 129 Å². The van der Waals surface area contributed by atoms with Crippen LogP contribution in [-0.2, 0) is 4.79 Å². The lowest BCUT2D eigenvalue weighted by Gasteiger charge is -2.21. The SMILES string of the molecule is CCNC(=NCC1CCCN1CC)NCCC(=O)N(C)C. The van der Waals surface area contributed by atoms with Gasteiger partial charge in [-0.15, -0.1) is 0 Å². The van der Waals surface area contributed by atoms with Gasteiger partial charge in [-0.25, -0.2) is 0 Å². The van der Waals surface area contributed by atoms with Gasteiger partial charge in [0.1, 0.15) is 0 Å². The second kappa shape index (κ2) is 9.60. The fourth-order valence-electron chi connectivity index (χ4n) is 2.57. The lowest BCUT2D eigenvalue weighted by atomic mass is 10.2. The first-order valence-electron chi connectivity index (χ1n) is 8.04. The molecule has 0 bridgehead atoms. The van der Waals surface area contributed by atoms with Crippen LogP contribution in [0.2, 0.25) is 0 Å². The van der Waals surface area contributed by atoms with Crippen molar-refractivity contribution >= 4 is 11.9 Å². The topological polar surface area (TPSA) is 60.0 Å². The number of likely N-dealkylation sites (N-methyl/N-ethyl adjacent to an activating group) is 1. The van der Waals surface area contributed by atoms with Crippen LogP contribution >= 0.6 is 0 Å². The average Bonchev–Trinajstić information content (AvgIpc) is 2.91. The lowest BCUT2D eigenvalue weighted by molar-refractivity contribution is -0.128. The largest absolute Gasteiger partial charge is 0.357 e. The Morgan fingerprint density at radius 3 is 2.71 bits per heavy atom. The summed E-state index contributed by atoms with van der Waals surface area (Å²) in [6.07, 6.45) is 2.99. The van der Waals surface area contributed by atoms with Crippen LogP contribution < -0.4 is 10.6 Å². The maximum atomic E-state index is 11.6. The molecular weight excluding hydrogens is 266 g/mol. The van der Waals surface area contributed by atoms with E-state index in [1.165, 1.54) is 19.4 Å². The number of guanidine groups is 1.